The third-order valence-corrected chi connectivity index (χ3v) is 4.95. The number of hydrogen-bond donors (Lipinski definition) is 1. The van der Waals surface area contributed by atoms with Crippen LogP contribution in [0.25, 0.3) is 0 Å². The Balaban J connectivity index is 2.24. The molecule has 0 aliphatic rings. The smallest absolute Gasteiger partial charge is 0.0766 e. The van der Waals surface area contributed by atoms with Crippen molar-refractivity contribution in [1.29, 1.82) is 0 Å². The van der Waals surface area contributed by atoms with Crippen LogP contribution in [0.2, 0.25) is 0 Å². The molecule has 2 aromatic rings. The summed E-state index contributed by atoms with van der Waals surface area (Å²) in [6.07, 6.45) is 2.95. The lowest BCUT2D eigenvalue weighted by atomic mass is 10.00. The number of rotatable bonds is 6. The fraction of sp³-hybridized carbons (Fsp3) is 0.471. The average molecular weight is 350 g/mol. The van der Waals surface area contributed by atoms with Crippen molar-refractivity contribution in [3.63, 3.8) is 0 Å². The lowest BCUT2D eigenvalue weighted by Crippen LogP contribution is -2.20. The molecule has 4 heteroatoms. The minimum atomic E-state index is 0.298. The highest BCUT2D eigenvalue weighted by molar-refractivity contribution is 9.10. The highest BCUT2D eigenvalue weighted by Gasteiger charge is 2.18. The molecular weight excluding hydrogens is 326 g/mol. The van der Waals surface area contributed by atoms with Gasteiger partial charge in [-0.1, -0.05) is 38.1 Å². The molecule has 3 nitrogen and oxygen atoms in total. The Labute approximate surface area is 135 Å². The summed E-state index contributed by atoms with van der Waals surface area (Å²) in [7, 11) is 4.04. The normalized spacial score (nSPS) is 12.6. The molecule has 0 radical (unpaired) electrons. The van der Waals surface area contributed by atoms with Gasteiger partial charge in [-0.15, -0.1) is 0 Å². The second-order valence-electron chi connectivity index (χ2n) is 5.33. The first-order chi connectivity index (χ1) is 10.1. The molecule has 0 aliphatic heterocycles. The number of halogens is 1. The number of nitrogens with one attached hydrogen (secondary N) is 1. The lowest BCUT2D eigenvalue weighted by Gasteiger charge is -2.17. The molecule has 1 heterocycles. The first-order valence-electron chi connectivity index (χ1n) is 7.57. The van der Waals surface area contributed by atoms with Crippen LogP contribution in [-0.4, -0.2) is 16.8 Å². The maximum Gasteiger partial charge on any atom is 0.0766 e. The molecular formula is C17H24BrN3. The molecule has 0 fully saturated rings. The van der Waals surface area contributed by atoms with Gasteiger partial charge in [0.2, 0.25) is 0 Å². The van der Waals surface area contributed by atoms with Gasteiger partial charge >= 0.3 is 0 Å². The number of aryl methyl sites for hydroxylation is 3. The number of likely N-dealkylation sites (N-methyl/N-ethyl adjacent to an activating group) is 1. The van der Waals surface area contributed by atoms with Crippen molar-refractivity contribution in [3.05, 3.63) is 51.3 Å². The minimum absolute atomic E-state index is 0.298. The number of nitrogens with zero attached hydrogens (tertiary/aromatic N) is 2. The van der Waals surface area contributed by atoms with Crippen LogP contribution >= 0.6 is 15.9 Å². The minimum Gasteiger partial charge on any atom is -0.313 e. The number of benzene rings is 1. The van der Waals surface area contributed by atoms with Crippen LogP contribution in [0.4, 0.5) is 0 Å². The zero-order valence-corrected chi connectivity index (χ0v) is 14.9. The molecule has 114 valence electrons. The van der Waals surface area contributed by atoms with Crippen LogP contribution in [0, 0.1) is 0 Å². The zero-order valence-electron chi connectivity index (χ0n) is 13.3. The van der Waals surface area contributed by atoms with Crippen molar-refractivity contribution in [3.8, 4) is 0 Å². The molecule has 1 N–H and O–H groups in total. The van der Waals surface area contributed by atoms with Crippen molar-refractivity contribution in [1.82, 2.24) is 15.1 Å². The van der Waals surface area contributed by atoms with Gasteiger partial charge in [0.25, 0.3) is 0 Å². The van der Waals surface area contributed by atoms with E-state index in [-0.39, 0.29) is 0 Å². The van der Waals surface area contributed by atoms with E-state index < -0.39 is 0 Å². The predicted molar refractivity (Wildman–Crippen MR) is 91.6 cm³/mol. The van der Waals surface area contributed by atoms with E-state index in [4.69, 9.17) is 0 Å². The van der Waals surface area contributed by atoms with Crippen LogP contribution < -0.4 is 5.32 Å². The van der Waals surface area contributed by atoms with Crippen LogP contribution in [0.15, 0.2) is 28.7 Å². The van der Waals surface area contributed by atoms with Crippen molar-refractivity contribution >= 4 is 15.9 Å². The Morgan fingerprint density at radius 3 is 2.33 bits per heavy atom. The highest BCUT2D eigenvalue weighted by Crippen LogP contribution is 2.26. The molecule has 0 saturated carbocycles. The molecule has 0 spiro atoms. The number of hydrogen-bond acceptors (Lipinski definition) is 2. The third-order valence-electron chi connectivity index (χ3n) is 4.04. The zero-order chi connectivity index (χ0) is 15.4. The molecule has 0 amide bonds. The van der Waals surface area contributed by atoms with E-state index in [0.717, 1.165) is 29.4 Å². The van der Waals surface area contributed by atoms with Gasteiger partial charge in [0.15, 0.2) is 0 Å². The summed E-state index contributed by atoms with van der Waals surface area (Å²) in [5.74, 6) is 0. The summed E-state index contributed by atoms with van der Waals surface area (Å²) in [4.78, 5) is 0. The van der Waals surface area contributed by atoms with E-state index in [0.29, 0.717) is 6.04 Å². The second kappa shape index (κ2) is 7.23. The van der Waals surface area contributed by atoms with E-state index in [9.17, 15) is 0 Å². The molecule has 1 atom stereocenters. The summed E-state index contributed by atoms with van der Waals surface area (Å²) >= 11 is 3.70. The first kappa shape index (κ1) is 16.2. The molecule has 1 unspecified atom stereocenters. The molecule has 0 aliphatic carbocycles. The first-order valence-corrected chi connectivity index (χ1v) is 8.36. The summed E-state index contributed by atoms with van der Waals surface area (Å²) < 4.78 is 3.14. The topological polar surface area (TPSA) is 29.9 Å². The van der Waals surface area contributed by atoms with Gasteiger partial charge in [-0.25, -0.2) is 0 Å². The van der Waals surface area contributed by atoms with Crippen LogP contribution in [-0.2, 0) is 26.3 Å². The summed E-state index contributed by atoms with van der Waals surface area (Å²) in [6.45, 7) is 4.32. The van der Waals surface area contributed by atoms with Gasteiger partial charge in [0, 0.05) is 19.5 Å². The Hall–Kier alpha value is -1.13. The standard InChI is InChI=1S/C17H24BrN3/c1-5-12-7-9-13(10-8-12)15(19-3)11-16-17(18)14(6-2)20-21(16)4/h7-10,15,19H,5-6,11H2,1-4H3. The lowest BCUT2D eigenvalue weighted by molar-refractivity contribution is 0.560. The van der Waals surface area contributed by atoms with Crippen molar-refractivity contribution in [2.75, 3.05) is 7.05 Å². The van der Waals surface area contributed by atoms with Gasteiger partial charge in [0.1, 0.15) is 0 Å². The van der Waals surface area contributed by atoms with Gasteiger partial charge in [-0.3, -0.25) is 4.68 Å². The second-order valence-corrected chi connectivity index (χ2v) is 6.12. The average Bonchev–Trinajstić information content (AvgIpc) is 2.79. The Morgan fingerprint density at radius 2 is 1.86 bits per heavy atom. The predicted octanol–water partition coefficient (Wildman–Crippen LogP) is 3.81. The van der Waals surface area contributed by atoms with Crippen LogP contribution in [0.3, 0.4) is 0 Å². The molecule has 1 aromatic heterocycles. The Morgan fingerprint density at radius 1 is 1.19 bits per heavy atom. The monoisotopic (exact) mass is 349 g/mol. The van der Waals surface area contributed by atoms with Crippen molar-refractivity contribution < 1.29 is 0 Å². The fourth-order valence-electron chi connectivity index (χ4n) is 2.61. The summed E-state index contributed by atoms with van der Waals surface area (Å²) in [5, 5.41) is 8.00. The fourth-order valence-corrected chi connectivity index (χ4v) is 3.39. The molecule has 0 bridgehead atoms. The van der Waals surface area contributed by atoms with E-state index in [2.05, 4.69) is 64.5 Å². The van der Waals surface area contributed by atoms with Gasteiger partial charge in [0.05, 0.1) is 15.9 Å². The third kappa shape index (κ3) is 3.55. The van der Waals surface area contributed by atoms with E-state index in [1.54, 1.807) is 0 Å². The Bertz CT molecular complexity index is 587. The largest absolute Gasteiger partial charge is 0.313 e. The van der Waals surface area contributed by atoms with Crippen molar-refractivity contribution in [2.24, 2.45) is 7.05 Å². The van der Waals surface area contributed by atoms with Gasteiger partial charge in [-0.2, -0.15) is 5.10 Å². The van der Waals surface area contributed by atoms with E-state index in [1.807, 2.05) is 18.8 Å². The molecule has 21 heavy (non-hydrogen) atoms. The van der Waals surface area contributed by atoms with Gasteiger partial charge in [-0.05, 0) is 46.9 Å². The van der Waals surface area contributed by atoms with Crippen LogP contribution in [0.5, 0.6) is 0 Å². The molecule has 1 aromatic carbocycles. The molecule has 2 rings (SSSR count). The maximum absolute atomic E-state index is 4.58. The van der Waals surface area contributed by atoms with Crippen molar-refractivity contribution in [2.45, 2.75) is 39.2 Å². The van der Waals surface area contributed by atoms with Crippen LogP contribution in [0.1, 0.15) is 42.4 Å². The summed E-state index contributed by atoms with van der Waals surface area (Å²) in [6, 6.07) is 9.19. The quantitative estimate of drug-likeness (QED) is 0.859. The van der Waals surface area contributed by atoms with Gasteiger partial charge < -0.3 is 5.32 Å². The highest BCUT2D eigenvalue weighted by atomic mass is 79.9. The Kier molecular flexibility index (Phi) is 5.59. The summed E-state index contributed by atoms with van der Waals surface area (Å²) in [5.41, 5.74) is 5.07. The molecule has 0 saturated heterocycles. The maximum atomic E-state index is 4.58. The van der Waals surface area contributed by atoms with E-state index >= 15 is 0 Å². The SMILES string of the molecule is CCc1ccc(C(Cc2c(Br)c(CC)nn2C)NC)cc1. The number of aromatic nitrogens is 2. The van der Waals surface area contributed by atoms with E-state index in [1.165, 1.54) is 16.8 Å².